The molecule has 2 aliphatic heterocycles. The quantitative estimate of drug-likeness (QED) is 0.851. The van der Waals surface area contributed by atoms with E-state index < -0.39 is 0 Å². The van der Waals surface area contributed by atoms with E-state index in [2.05, 4.69) is 24.4 Å². The summed E-state index contributed by atoms with van der Waals surface area (Å²) in [6, 6.07) is 0. The third kappa shape index (κ3) is 3.03. The van der Waals surface area contributed by atoms with Crippen LogP contribution in [0.3, 0.4) is 0 Å². The first kappa shape index (κ1) is 15.3. The molecule has 4 rings (SSSR count). The molecule has 7 heteroatoms. The summed E-state index contributed by atoms with van der Waals surface area (Å²) in [6.07, 6.45) is 10.1. The molecule has 1 fully saturated rings. The number of aromatic nitrogens is 4. The summed E-state index contributed by atoms with van der Waals surface area (Å²) in [5, 5.41) is 0. The lowest BCUT2D eigenvalue weighted by Gasteiger charge is -2.21. The fourth-order valence-corrected chi connectivity index (χ4v) is 3.55. The number of aryl methyl sites for hydroxylation is 1. The molecule has 1 saturated heterocycles. The third-order valence-electron chi connectivity index (χ3n) is 4.84. The second-order valence-corrected chi connectivity index (χ2v) is 6.49. The van der Waals surface area contributed by atoms with Gasteiger partial charge in [-0.05, 0) is 32.4 Å². The molecule has 0 N–H and O–H groups in total. The number of hydrogen-bond donors (Lipinski definition) is 0. The van der Waals surface area contributed by atoms with Gasteiger partial charge in [-0.2, -0.15) is 0 Å². The molecule has 0 atom stereocenters. The molecule has 1 amide bonds. The molecule has 0 spiro atoms. The van der Waals surface area contributed by atoms with Crippen LogP contribution < -0.4 is 0 Å². The first-order valence-electron chi connectivity index (χ1n) is 8.62. The van der Waals surface area contributed by atoms with Crippen LogP contribution in [0, 0.1) is 0 Å². The number of rotatable bonds is 3. The molecule has 126 valence electrons. The Labute approximate surface area is 141 Å². The van der Waals surface area contributed by atoms with Crippen LogP contribution in [0.25, 0.3) is 0 Å². The summed E-state index contributed by atoms with van der Waals surface area (Å²) in [4.78, 5) is 29.8. The minimum atomic E-state index is -0.0510. The fourth-order valence-electron chi connectivity index (χ4n) is 3.55. The molecule has 0 aromatic carbocycles. The van der Waals surface area contributed by atoms with Crippen LogP contribution in [0.2, 0.25) is 0 Å². The van der Waals surface area contributed by atoms with Crippen molar-refractivity contribution in [1.29, 1.82) is 0 Å². The van der Waals surface area contributed by atoms with Crippen LogP contribution in [0.15, 0.2) is 24.9 Å². The third-order valence-corrected chi connectivity index (χ3v) is 4.84. The molecule has 2 aromatic heterocycles. The van der Waals surface area contributed by atoms with Crippen LogP contribution in [0.4, 0.5) is 0 Å². The van der Waals surface area contributed by atoms with E-state index in [0.717, 1.165) is 50.5 Å². The molecule has 4 heterocycles. The number of amides is 1. The molecule has 24 heavy (non-hydrogen) atoms. The molecule has 7 nitrogen and oxygen atoms in total. The summed E-state index contributed by atoms with van der Waals surface area (Å²) in [6.45, 7) is 5.42. The van der Waals surface area contributed by atoms with E-state index in [0.29, 0.717) is 12.2 Å². The topological polar surface area (TPSA) is 67.2 Å². The molecule has 0 saturated carbocycles. The van der Waals surface area contributed by atoms with Crippen molar-refractivity contribution in [2.45, 2.75) is 38.9 Å². The van der Waals surface area contributed by atoms with E-state index in [1.165, 1.54) is 19.0 Å². The van der Waals surface area contributed by atoms with Crippen LogP contribution in [0.5, 0.6) is 0 Å². The normalized spacial score (nSPS) is 18.4. The van der Waals surface area contributed by atoms with Crippen molar-refractivity contribution in [2.75, 3.05) is 19.6 Å². The molecule has 0 aliphatic carbocycles. The lowest BCUT2D eigenvalue weighted by molar-refractivity contribution is 0.0738. The smallest absolute Gasteiger partial charge is 0.274 e. The van der Waals surface area contributed by atoms with E-state index in [1.807, 2.05) is 11.2 Å². The second-order valence-electron chi connectivity index (χ2n) is 6.49. The summed E-state index contributed by atoms with van der Waals surface area (Å²) < 4.78 is 2.20. The van der Waals surface area contributed by atoms with Crippen LogP contribution in [0.1, 0.15) is 41.1 Å². The van der Waals surface area contributed by atoms with Crippen molar-refractivity contribution in [1.82, 2.24) is 29.3 Å². The number of likely N-dealkylation sites (tertiary alicyclic amines) is 1. The van der Waals surface area contributed by atoms with Gasteiger partial charge in [0.2, 0.25) is 0 Å². The maximum atomic E-state index is 12.7. The second kappa shape index (κ2) is 6.68. The lowest BCUT2D eigenvalue weighted by Crippen LogP contribution is -2.32. The molecule has 0 bridgehead atoms. The Morgan fingerprint density at radius 2 is 1.92 bits per heavy atom. The maximum absolute atomic E-state index is 12.7. The summed E-state index contributed by atoms with van der Waals surface area (Å²) in [5.74, 6) is -0.0510. The fraction of sp³-hybridized carbons (Fsp3) is 0.529. The molecule has 0 unspecified atom stereocenters. The van der Waals surface area contributed by atoms with Gasteiger partial charge in [-0.3, -0.25) is 14.7 Å². The van der Waals surface area contributed by atoms with Gasteiger partial charge < -0.3 is 9.47 Å². The number of fused-ring (bicyclic) bond motifs is 1. The van der Waals surface area contributed by atoms with E-state index in [-0.39, 0.29) is 5.91 Å². The minimum Gasteiger partial charge on any atom is -0.333 e. The van der Waals surface area contributed by atoms with Crippen molar-refractivity contribution in [3.8, 4) is 0 Å². The van der Waals surface area contributed by atoms with Gasteiger partial charge in [0.15, 0.2) is 0 Å². The lowest BCUT2D eigenvalue weighted by atomic mass is 10.2. The van der Waals surface area contributed by atoms with Gasteiger partial charge in [-0.25, -0.2) is 9.97 Å². The van der Waals surface area contributed by atoms with Gasteiger partial charge in [-0.1, -0.05) is 0 Å². The van der Waals surface area contributed by atoms with Crippen molar-refractivity contribution in [3.63, 3.8) is 0 Å². The SMILES string of the molecule is O=C(c1cnccn1)N1CCCn2cnc(CN3CCCC3)c2C1. The summed E-state index contributed by atoms with van der Waals surface area (Å²) in [5.41, 5.74) is 2.68. The van der Waals surface area contributed by atoms with Crippen LogP contribution >= 0.6 is 0 Å². The van der Waals surface area contributed by atoms with Gasteiger partial charge in [0.05, 0.1) is 30.5 Å². The minimum absolute atomic E-state index is 0.0510. The first-order valence-corrected chi connectivity index (χ1v) is 8.62. The maximum Gasteiger partial charge on any atom is 0.274 e. The van der Waals surface area contributed by atoms with Gasteiger partial charge in [0.1, 0.15) is 5.69 Å². The van der Waals surface area contributed by atoms with Gasteiger partial charge in [-0.15, -0.1) is 0 Å². The number of carbonyl (C=O) groups excluding carboxylic acids is 1. The van der Waals surface area contributed by atoms with Crippen molar-refractivity contribution in [2.24, 2.45) is 0 Å². The van der Waals surface area contributed by atoms with E-state index in [1.54, 1.807) is 12.4 Å². The van der Waals surface area contributed by atoms with Crippen LogP contribution in [-0.2, 0) is 19.6 Å². The zero-order valence-corrected chi connectivity index (χ0v) is 13.8. The molecule has 2 aliphatic rings. The Bertz CT molecular complexity index is 707. The Morgan fingerprint density at radius 3 is 2.71 bits per heavy atom. The predicted molar refractivity (Wildman–Crippen MR) is 88.1 cm³/mol. The first-order chi connectivity index (χ1) is 11.8. The average molecular weight is 326 g/mol. The molecule has 0 radical (unpaired) electrons. The average Bonchev–Trinajstić information content (AvgIpc) is 3.20. The van der Waals surface area contributed by atoms with Gasteiger partial charge in [0.25, 0.3) is 5.91 Å². The standard InChI is InChI=1S/C17H22N6O/c24-17(14-10-18-4-5-19-14)22-8-3-9-23-13-20-15(16(23)12-22)11-21-6-1-2-7-21/h4-5,10,13H,1-3,6-9,11-12H2. The van der Waals surface area contributed by atoms with Gasteiger partial charge >= 0.3 is 0 Å². The highest BCUT2D eigenvalue weighted by molar-refractivity contribution is 5.91. The Morgan fingerprint density at radius 1 is 1.04 bits per heavy atom. The molecular weight excluding hydrogens is 304 g/mol. The Balaban J connectivity index is 1.55. The number of carbonyl (C=O) groups is 1. The van der Waals surface area contributed by atoms with Crippen molar-refractivity contribution in [3.05, 3.63) is 42.0 Å². The molecule has 2 aromatic rings. The number of imidazole rings is 1. The monoisotopic (exact) mass is 326 g/mol. The van der Waals surface area contributed by atoms with E-state index in [4.69, 9.17) is 0 Å². The van der Waals surface area contributed by atoms with Crippen LogP contribution in [-0.4, -0.2) is 54.9 Å². The number of nitrogens with zero attached hydrogens (tertiary/aromatic N) is 6. The summed E-state index contributed by atoms with van der Waals surface area (Å²) >= 11 is 0. The highest BCUT2D eigenvalue weighted by atomic mass is 16.2. The Kier molecular flexibility index (Phi) is 4.25. The van der Waals surface area contributed by atoms with E-state index >= 15 is 0 Å². The van der Waals surface area contributed by atoms with Crippen molar-refractivity contribution >= 4 is 5.91 Å². The Hall–Kier alpha value is -2.28. The zero-order chi connectivity index (χ0) is 16.4. The zero-order valence-electron chi connectivity index (χ0n) is 13.8. The highest BCUT2D eigenvalue weighted by Crippen LogP contribution is 2.20. The predicted octanol–water partition coefficient (Wildman–Crippen LogP) is 1.31. The summed E-state index contributed by atoms with van der Waals surface area (Å²) in [7, 11) is 0. The number of hydrogen-bond acceptors (Lipinski definition) is 5. The molecular formula is C17H22N6O. The van der Waals surface area contributed by atoms with Crippen molar-refractivity contribution < 1.29 is 4.79 Å². The highest BCUT2D eigenvalue weighted by Gasteiger charge is 2.25. The van der Waals surface area contributed by atoms with E-state index in [9.17, 15) is 4.79 Å². The van der Waals surface area contributed by atoms with Gasteiger partial charge in [0, 0.05) is 32.0 Å². The largest absolute Gasteiger partial charge is 0.333 e.